The summed E-state index contributed by atoms with van der Waals surface area (Å²) in [6, 6.07) is 14.4. The van der Waals surface area contributed by atoms with Crippen molar-refractivity contribution < 1.29 is 37.4 Å². The molecule has 2 aliphatic heterocycles. The summed E-state index contributed by atoms with van der Waals surface area (Å²) in [7, 11) is -4.18. The van der Waals surface area contributed by atoms with Crippen LogP contribution < -0.4 is 11.1 Å². The van der Waals surface area contributed by atoms with Crippen LogP contribution in [0.25, 0.3) is 0 Å². The summed E-state index contributed by atoms with van der Waals surface area (Å²) in [6.07, 6.45) is 2.03. The number of nitrogens with zero attached hydrogens (tertiary/aromatic N) is 1. The van der Waals surface area contributed by atoms with E-state index >= 15 is 0 Å². The van der Waals surface area contributed by atoms with Crippen molar-refractivity contribution in [1.82, 2.24) is 9.79 Å². The Balaban J connectivity index is 1.33. The van der Waals surface area contributed by atoms with Gasteiger partial charge in [-0.3, -0.25) is 4.84 Å². The highest BCUT2D eigenvalue weighted by atomic mass is 32.2. The number of anilines is 1. The van der Waals surface area contributed by atoms with Crippen LogP contribution in [0.1, 0.15) is 44.1 Å². The van der Waals surface area contributed by atoms with E-state index in [0.29, 0.717) is 25.1 Å². The highest BCUT2D eigenvalue weighted by Gasteiger charge is 2.42. The third-order valence-corrected chi connectivity index (χ3v) is 9.49. The molecule has 2 saturated heterocycles. The highest BCUT2D eigenvalue weighted by molar-refractivity contribution is 7.89. The lowest BCUT2D eigenvalue weighted by molar-refractivity contribution is -0.152. The van der Waals surface area contributed by atoms with Crippen LogP contribution in [-0.4, -0.2) is 74.5 Å². The number of aliphatic hydroxyl groups is 1. The molecule has 0 unspecified atom stereocenters. The van der Waals surface area contributed by atoms with E-state index < -0.39 is 40.9 Å². The second-order valence-electron chi connectivity index (χ2n) is 10.9. The van der Waals surface area contributed by atoms with Crippen molar-refractivity contribution in [3.05, 3.63) is 60.2 Å². The van der Waals surface area contributed by atoms with Gasteiger partial charge in [-0.25, -0.2) is 13.2 Å². The number of nitrogens with one attached hydrogen (secondary N) is 1. The number of alkyl carbamates (subject to hydrolysis) is 1. The molecule has 224 valence electrons. The van der Waals surface area contributed by atoms with E-state index in [1.807, 2.05) is 30.3 Å². The van der Waals surface area contributed by atoms with Gasteiger partial charge in [-0.15, -0.1) is 0 Å². The standard InChI is InChI=1S/C29H39N3O8S/c30-21-10-6-13-23(17-21)41(35,36)32(40-22-11-4-5-12-22)18-26(33)25(16-20-8-2-1-3-9-20)31-29(34)39-27-19-38-28-24(27)14-7-15-37-28/h1-3,6,8-10,13,17,22,24-28,33H,4-5,7,11-12,14-16,18-19,30H2,(H,31,34)/t24-,25+,26+,27-,28+/m1/s1. The Morgan fingerprint density at radius 2 is 1.85 bits per heavy atom. The zero-order valence-electron chi connectivity index (χ0n) is 23.0. The van der Waals surface area contributed by atoms with Crippen LogP contribution in [0, 0.1) is 5.92 Å². The molecule has 2 heterocycles. The first-order chi connectivity index (χ1) is 19.8. The molecule has 1 aliphatic carbocycles. The van der Waals surface area contributed by atoms with Crippen LogP contribution in [0.2, 0.25) is 0 Å². The highest BCUT2D eigenvalue weighted by Crippen LogP contribution is 2.32. The number of hydroxylamine groups is 1. The fraction of sp³-hybridized carbons (Fsp3) is 0.552. The number of fused-ring (bicyclic) bond motifs is 1. The van der Waals surface area contributed by atoms with Gasteiger partial charge in [-0.1, -0.05) is 53.7 Å². The predicted octanol–water partition coefficient (Wildman–Crippen LogP) is 2.98. The Morgan fingerprint density at radius 3 is 2.61 bits per heavy atom. The number of rotatable bonds is 11. The molecule has 41 heavy (non-hydrogen) atoms. The minimum absolute atomic E-state index is 0.0415. The zero-order chi connectivity index (χ0) is 28.8. The molecular weight excluding hydrogens is 550 g/mol. The number of sulfonamides is 1. The van der Waals surface area contributed by atoms with Crippen LogP contribution in [-0.2, 0) is 35.5 Å². The smallest absolute Gasteiger partial charge is 0.407 e. The third-order valence-electron chi connectivity index (χ3n) is 7.87. The average molecular weight is 590 g/mol. The number of nitrogen functional groups attached to an aromatic ring is 1. The molecule has 2 aromatic carbocycles. The summed E-state index contributed by atoms with van der Waals surface area (Å²) >= 11 is 0. The Kier molecular flexibility index (Phi) is 9.79. The first-order valence-corrected chi connectivity index (χ1v) is 15.7. The fourth-order valence-corrected chi connectivity index (χ4v) is 7.01. The van der Waals surface area contributed by atoms with Crippen LogP contribution in [0.5, 0.6) is 0 Å². The van der Waals surface area contributed by atoms with Gasteiger partial charge in [-0.2, -0.15) is 0 Å². The summed E-state index contributed by atoms with van der Waals surface area (Å²) < 4.78 is 45.2. The molecular formula is C29H39N3O8S. The molecule has 5 atom stereocenters. The number of amides is 1. The quantitative estimate of drug-likeness (QED) is 0.266. The summed E-state index contributed by atoms with van der Waals surface area (Å²) in [5.74, 6) is -0.0502. The lowest BCUT2D eigenvalue weighted by Crippen LogP contribution is -2.51. The number of ether oxygens (including phenoxy) is 3. The van der Waals surface area contributed by atoms with Gasteiger partial charge < -0.3 is 30.4 Å². The minimum atomic E-state index is -4.18. The van der Waals surface area contributed by atoms with Crippen LogP contribution in [0.3, 0.4) is 0 Å². The van der Waals surface area contributed by atoms with Crippen LogP contribution >= 0.6 is 0 Å². The molecule has 0 bridgehead atoms. The average Bonchev–Trinajstić information content (AvgIpc) is 3.63. The molecule has 3 fully saturated rings. The monoisotopic (exact) mass is 589 g/mol. The van der Waals surface area contributed by atoms with E-state index in [2.05, 4.69) is 5.32 Å². The van der Waals surface area contributed by atoms with Gasteiger partial charge in [0.15, 0.2) is 6.29 Å². The van der Waals surface area contributed by atoms with Gasteiger partial charge in [0.25, 0.3) is 10.0 Å². The van der Waals surface area contributed by atoms with Gasteiger partial charge in [0, 0.05) is 18.2 Å². The fourth-order valence-electron chi connectivity index (χ4n) is 5.65. The molecule has 11 nitrogen and oxygen atoms in total. The minimum Gasteiger partial charge on any atom is -0.443 e. The van der Waals surface area contributed by atoms with Crippen molar-refractivity contribution >= 4 is 21.8 Å². The van der Waals surface area contributed by atoms with E-state index in [1.165, 1.54) is 12.1 Å². The molecule has 3 aliphatic rings. The van der Waals surface area contributed by atoms with Crippen molar-refractivity contribution in [3.63, 3.8) is 0 Å². The lowest BCUT2D eigenvalue weighted by Gasteiger charge is -2.31. The van der Waals surface area contributed by atoms with Gasteiger partial charge in [0.2, 0.25) is 0 Å². The summed E-state index contributed by atoms with van der Waals surface area (Å²) in [6.45, 7) is 0.440. The van der Waals surface area contributed by atoms with Gasteiger partial charge >= 0.3 is 6.09 Å². The second kappa shape index (κ2) is 13.5. The Labute approximate surface area is 240 Å². The number of hydrogen-bond acceptors (Lipinski definition) is 9. The number of carbonyl (C=O) groups excluding carboxylic acids is 1. The SMILES string of the molecule is Nc1cccc(S(=O)(=O)N(C[C@H](O)[C@H](Cc2ccccc2)NC(=O)O[C@@H]2CO[C@@H]3OCCC[C@@H]32)OC2CCCC2)c1. The van der Waals surface area contributed by atoms with Gasteiger partial charge in [0.05, 0.1) is 36.3 Å². The van der Waals surface area contributed by atoms with E-state index in [4.69, 9.17) is 24.8 Å². The number of hydrogen-bond donors (Lipinski definition) is 3. The maximum Gasteiger partial charge on any atom is 0.407 e. The predicted molar refractivity (Wildman–Crippen MR) is 150 cm³/mol. The topological polar surface area (TPSA) is 150 Å². The molecule has 1 amide bonds. The van der Waals surface area contributed by atoms with E-state index in [1.54, 1.807) is 12.1 Å². The third kappa shape index (κ3) is 7.56. The van der Waals surface area contributed by atoms with Crippen LogP contribution in [0.4, 0.5) is 10.5 Å². The Morgan fingerprint density at radius 1 is 1.07 bits per heavy atom. The molecule has 0 radical (unpaired) electrons. The van der Waals surface area contributed by atoms with Gasteiger partial charge in [-0.05, 0) is 55.9 Å². The number of carbonyl (C=O) groups is 1. The molecule has 1 saturated carbocycles. The van der Waals surface area contributed by atoms with E-state index in [0.717, 1.165) is 35.7 Å². The van der Waals surface area contributed by atoms with Crippen molar-refractivity contribution in [3.8, 4) is 0 Å². The first kappa shape index (κ1) is 29.7. The molecule has 0 aromatic heterocycles. The van der Waals surface area contributed by atoms with Crippen molar-refractivity contribution in [2.45, 2.75) is 80.5 Å². The molecule has 0 spiro atoms. The zero-order valence-corrected chi connectivity index (χ0v) is 23.8. The maximum absolute atomic E-state index is 13.7. The van der Waals surface area contributed by atoms with Crippen LogP contribution in [0.15, 0.2) is 59.5 Å². The molecule has 2 aromatic rings. The summed E-state index contributed by atoms with van der Waals surface area (Å²) in [4.78, 5) is 19.0. The van der Waals surface area contributed by atoms with Gasteiger partial charge in [0.1, 0.15) is 6.10 Å². The first-order valence-electron chi connectivity index (χ1n) is 14.3. The molecule has 12 heteroatoms. The van der Waals surface area contributed by atoms with Crippen molar-refractivity contribution in [2.24, 2.45) is 5.92 Å². The van der Waals surface area contributed by atoms with Crippen molar-refractivity contribution in [1.29, 1.82) is 0 Å². The normalized spacial score (nSPS) is 24.6. The number of benzene rings is 2. The van der Waals surface area contributed by atoms with E-state index in [-0.39, 0.29) is 36.2 Å². The van der Waals surface area contributed by atoms with Crippen molar-refractivity contribution in [2.75, 3.05) is 25.5 Å². The molecule has 4 N–H and O–H groups in total. The largest absolute Gasteiger partial charge is 0.443 e. The molecule has 5 rings (SSSR count). The summed E-state index contributed by atoms with van der Waals surface area (Å²) in [5, 5.41) is 14.2. The maximum atomic E-state index is 13.7. The lowest BCUT2D eigenvalue weighted by atomic mass is 9.97. The summed E-state index contributed by atoms with van der Waals surface area (Å²) in [5.41, 5.74) is 7.01. The number of nitrogens with two attached hydrogens (primary N) is 1. The Bertz CT molecular complexity index is 1260. The second-order valence-corrected chi connectivity index (χ2v) is 12.7. The van der Waals surface area contributed by atoms with E-state index in [9.17, 15) is 18.3 Å². The number of aliphatic hydroxyl groups excluding tert-OH is 1. The Hall–Kier alpha value is -2.74.